The third-order valence-corrected chi connectivity index (χ3v) is 5.23. The van der Waals surface area contributed by atoms with E-state index in [9.17, 15) is 9.90 Å². The summed E-state index contributed by atoms with van der Waals surface area (Å²) in [6.07, 6.45) is 1.44. The number of amides is 1. The Balaban J connectivity index is 1.57. The largest absolute Gasteiger partial charge is 0.496 e. The molecule has 1 heterocycles. The van der Waals surface area contributed by atoms with Gasteiger partial charge in [-0.1, -0.05) is 17.7 Å². The smallest absolute Gasteiger partial charge is 0.224 e. The van der Waals surface area contributed by atoms with Crippen molar-refractivity contribution in [1.82, 2.24) is 10.2 Å². The number of morpholine rings is 1. The first kappa shape index (κ1) is 18.2. The molecular weight excluding hydrogens is 320 g/mol. The average molecular weight is 348 g/mol. The van der Waals surface area contributed by atoms with Crippen molar-refractivity contribution in [2.75, 3.05) is 33.4 Å². The lowest BCUT2D eigenvalue weighted by Crippen LogP contribution is -2.51. The third-order valence-electron chi connectivity index (χ3n) is 5.23. The lowest BCUT2D eigenvalue weighted by atomic mass is 10.1. The van der Waals surface area contributed by atoms with Gasteiger partial charge in [-0.3, -0.25) is 9.69 Å². The first-order chi connectivity index (χ1) is 12.1. The maximum absolute atomic E-state index is 12.5. The molecule has 1 amide bonds. The minimum Gasteiger partial charge on any atom is -0.496 e. The zero-order chi connectivity index (χ0) is 17.8. The second-order valence-corrected chi connectivity index (χ2v) is 6.95. The Morgan fingerprint density at radius 2 is 2.12 bits per heavy atom. The molecule has 1 aromatic carbocycles. The van der Waals surface area contributed by atoms with Crippen molar-refractivity contribution in [2.24, 2.45) is 0 Å². The molecule has 0 bridgehead atoms. The number of hydrogen-bond donors (Lipinski definition) is 2. The number of carbonyl (C=O) groups is 1. The van der Waals surface area contributed by atoms with Crippen molar-refractivity contribution in [3.05, 3.63) is 29.3 Å². The highest BCUT2D eigenvalue weighted by Crippen LogP contribution is 2.26. The molecule has 6 heteroatoms. The van der Waals surface area contributed by atoms with E-state index in [0.717, 1.165) is 42.8 Å². The molecule has 1 saturated heterocycles. The van der Waals surface area contributed by atoms with Gasteiger partial charge in [0.05, 0.1) is 38.9 Å². The van der Waals surface area contributed by atoms with Gasteiger partial charge in [-0.25, -0.2) is 0 Å². The number of benzene rings is 1. The van der Waals surface area contributed by atoms with E-state index in [0.29, 0.717) is 13.2 Å². The SMILES string of the molecule is COc1ccc(C)cc1CC(=O)N[C@@H]1CC[C@@H](N2CCOCC2)[C@@H]1O. The van der Waals surface area contributed by atoms with E-state index >= 15 is 0 Å². The fourth-order valence-electron chi connectivity index (χ4n) is 3.90. The summed E-state index contributed by atoms with van der Waals surface area (Å²) >= 11 is 0. The van der Waals surface area contributed by atoms with Gasteiger partial charge in [0.2, 0.25) is 5.91 Å². The van der Waals surface area contributed by atoms with Gasteiger partial charge in [-0.15, -0.1) is 0 Å². The van der Waals surface area contributed by atoms with Crippen LogP contribution in [0.1, 0.15) is 24.0 Å². The number of nitrogens with one attached hydrogen (secondary N) is 1. The molecule has 3 atom stereocenters. The molecule has 2 fully saturated rings. The molecule has 138 valence electrons. The van der Waals surface area contributed by atoms with Crippen molar-refractivity contribution >= 4 is 5.91 Å². The molecule has 3 rings (SSSR count). The number of aliphatic hydroxyl groups excluding tert-OH is 1. The van der Waals surface area contributed by atoms with Crippen LogP contribution < -0.4 is 10.1 Å². The van der Waals surface area contributed by atoms with Gasteiger partial charge in [0, 0.05) is 24.7 Å². The molecule has 1 aliphatic carbocycles. The number of aryl methyl sites for hydroxylation is 1. The molecule has 6 nitrogen and oxygen atoms in total. The van der Waals surface area contributed by atoms with Crippen molar-refractivity contribution in [1.29, 1.82) is 0 Å². The van der Waals surface area contributed by atoms with E-state index in [4.69, 9.17) is 9.47 Å². The van der Waals surface area contributed by atoms with Crippen LogP contribution in [0.2, 0.25) is 0 Å². The molecular formula is C19H28N2O4. The summed E-state index contributed by atoms with van der Waals surface area (Å²) < 4.78 is 10.7. The van der Waals surface area contributed by atoms with Gasteiger partial charge in [0.1, 0.15) is 5.75 Å². The highest BCUT2D eigenvalue weighted by molar-refractivity contribution is 5.79. The normalized spacial score (nSPS) is 27.2. The second kappa shape index (κ2) is 8.17. The first-order valence-corrected chi connectivity index (χ1v) is 9.01. The molecule has 0 aromatic heterocycles. The molecule has 1 aliphatic heterocycles. The quantitative estimate of drug-likeness (QED) is 0.827. The Kier molecular flexibility index (Phi) is 5.93. The number of rotatable bonds is 5. The Hall–Kier alpha value is -1.63. The zero-order valence-corrected chi connectivity index (χ0v) is 15.0. The van der Waals surface area contributed by atoms with Crippen LogP contribution in [0.15, 0.2) is 18.2 Å². The van der Waals surface area contributed by atoms with Crippen molar-refractivity contribution in [2.45, 2.75) is 44.4 Å². The van der Waals surface area contributed by atoms with Gasteiger partial charge < -0.3 is 19.9 Å². The average Bonchev–Trinajstić information content (AvgIpc) is 2.96. The van der Waals surface area contributed by atoms with Crippen LogP contribution in [0, 0.1) is 6.92 Å². The Bertz CT molecular complexity index is 601. The summed E-state index contributed by atoms with van der Waals surface area (Å²) in [7, 11) is 1.61. The summed E-state index contributed by atoms with van der Waals surface area (Å²) in [6.45, 7) is 5.13. The van der Waals surface area contributed by atoms with Crippen LogP contribution in [-0.4, -0.2) is 67.5 Å². The fourth-order valence-corrected chi connectivity index (χ4v) is 3.90. The molecule has 2 aliphatic rings. The van der Waals surface area contributed by atoms with E-state index < -0.39 is 6.10 Å². The summed E-state index contributed by atoms with van der Waals surface area (Å²) in [6, 6.07) is 5.75. The van der Waals surface area contributed by atoms with E-state index in [1.54, 1.807) is 7.11 Å². The summed E-state index contributed by atoms with van der Waals surface area (Å²) in [4.78, 5) is 14.7. The maximum Gasteiger partial charge on any atom is 0.224 e. The van der Waals surface area contributed by atoms with Crippen LogP contribution in [0.4, 0.5) is 0 Å². The molecule has 1 aromatic rings. The minimum atomic E-state index is -0.526. The van der Waals surface area contributed by atoms with Crippen LogP contribution in [0.3, 0.4) is 0 Å². The lowest BCUT2D eigenvalue weighted by molar-refractivity contribution is -0.122. The number of aliphatic hydroxyl groups is 1. The lowest BCUT2D eigenvalue weighted by Gasteiger charge is -2.34. The summed E-state index contributed by atoms with van der Waals surface area (Å²) in [5.74, 6) is 0.648. The number of methoxy groups -OCH3 is 1. The predicted molar refractivity (Wildman–Crippen MR) is 94.8 cm³/mol. The number of carbonyl (C=O) groups excluding carboxylic acids is 1. The summed E-state index contributed by atoms with van der Waals surface area (Å²) in [5.41, 5.74) is 1.97. The van der Waals surface area contributed by atoms with Crippen LogP contribution >= 0.6 is 0 Å². The van der Waals surface area contributed by atoms with E-state index in [2.05, 4.69) is 10.2 Å². The molecule has 25 heavy (non-hydrogen) atoms. The number of hydrogen-bond acceptors (Lipinski definition) is 5. The number of nitrogens with zero attached hydrogens (tertiary/aromatic N) is 1. The van der Waals surface area contributed by atoms with E-state index in [-0.39, 0.29) is 24.4 Å². The van der Waals surface area contributed by atoms with E-state index in [1.807, 2.05) is 25.1 Å². The van der Waals surface area contributed by atoms with Gasteiger partial charge in [0.25, 0.3) is 0 Å². The van der Waals surface area contributed by atoms with Crippen LogP contribution in [0.5, 0.6) is 5.75 Å². The summed E-state index contributed by atoms with van der Waals surface area (Å²) in [5, 5.41) is 13.7. The van der Waals surface area contributed by atoms with Crippen molar-refractivity contribution < 1.29 is 19.4 Å². The van der Waals surface area contributed by atoms with Gasteiger partial charge >= 0.3 is 0 Å². The Morgan fingerprint density at radius 1 is 1.36 bits per heavy atom. The molecule has 0 radical (unpaired) electrons. The van der Waals surface area contributed by atoms with Gasteiger partial charge in [0.15, 0.2) is 0 Å². The fraction of sp³-hybridized carbons (Fsp3) is 0.632. The van der Waals surface area contributed by atoms with E-state index in [1.165, 1.54) is 0 Å². The van der Waals surface area contributed by atoms with Crippen molar-refractivity contribution in [3.8, 4) is 5.75 Å². The standard InChI is InChI=1S/C19H28N2O4/c1-13-3-6-17(24-2)14(11-13)12-18(22)20-15-4-5-16(19(15)23)21-7-9-25-10-8-21/h3,6,11,15-16,19,23H,4-5,7-10,12H2,1-2H3,(H,20,22)/t15-,16-,19-/m1/s1. The molecule has 0 unspecified atom stereocenters. The predicted octanol–water partition coefficient (Wildman–Crippen LogP) is 0.886. The maximum atomic E-state index is 12.5. The second-order valence-electron chi connectivity index (χ2n) is 6.95. The Labute approximate surface area is 149 Å². The van der Waals surface area contributed by atoms with Crippen molar-refractivity contribution in [3.63, 3.8) is 0 Å². The monoisotopic (exact) mass is 348 g/mol. The molecule has 0 spiro atoms. The van der Waals surface area contributed by atoms with Gasteiger partial charge in [-0.2, -0.15) is 0 Å². The molecule has 2 N–H and O–H groups in total. The Morgan fingerprint density at radius 3 is 2.84 bits per heavy atom. The molecule has 1 saturated carbocycles. The van der Waals surface area contributed by atoms with Crippen LogP contribution in [-0.2, 0) is 16.0 Å². The minimum absolute atomic E-state index is 0.0735. The highest BCUT2D eigenvalue weighted by atomic mass is 16.5. The third kappa shape index (κ3) is 4.32. The first-order valence-electron chi connectivity index (χ1n) is 9.01. The van der Waals surface area contributed by atoms with Gasteiger partial charge in [-0.05, 0) is 25.8 Å². The highest BCUT2D eigenvalue weighted by Gasteiger charge is 2.39. The topological polar surface area (TPSA) is 71.0 Å². The van der Waals surface area contributed by atoms with Crippen LogP contribution in [0.25, 0.3) is 0 Å². The number of ether oxygens (including phenoxy) is 2. The zero-order valence-electron chi connectivity index (χ0n) is 15.0.